The smallest absolute Gasteiger partial charge is 0.120 e. The summed E-state index contributed by atoms with van der Waals surface area (Å²) in [7, 11) is 2.03. The van der Waals surface area contributed by atoms with Gasteiger partial charge < -0.3 is 10.1 Å². The van der Waals surface area contributed by atoms with Gasteiger partial charge in [-0.2, -0.15) is 0 Å². The van der Waals surface area contributed by atoms with Crippen LogP contribution in [0.4, 0.5) is 0 Å². The van der Waals surface area contributed by atoms with Gasteiger partial charge in [0.2, 0.25) is 0 Å². The van der Waals surface area contributed by atoms with Crippen LogP contribution < -0.4 is 10.1 Å². The minimum absolute atomic E-state index is 0.504. The Kier molecular flexibility index (Phi) is 4.08. The number of ether oxygens (including phenoxy) is 1. The lowest BCUT2D eigenvalue weighted by atomic mass is 10.1. The van der Waals surface area contributed by atoms with E-state index in [1.54, 1.807) is 0 Å². The molecule has 0 aromatic heterocycles. The van der Waals surface area contributed by atoms with E-state index in [4.69, 9.17) is 4.74 Å². The molecule has 0 heterocycles. The van der Waals surface area contributed by atoms with Crippen molar-refractivity contribution in [3.8, 4) is 5.75 Å². The molecule has 2 aromatic rings. The van der Waals surface area contributed by atoms with E-state index in [0.29, 0.717) is 12.6 Å². The van der Waals surface area contributed by atoms with Crippen molar-refractivity contribution in [1.29, 1.82) is 0 Å². The van der Waals surface area contributed by atoms with Crippen molar-refractivity contribution < 1.29 is 4.74 Å². The van der Waals surface area contributed by atoms with E-state index in [1.165, 1.54) is 23.1 Å². The van der Waals surface area contributed by atoms with Gasteiger partial charge in [0.25, 0.3) is 0 Å². The first-order chi connectivity index (χ1) is 9.76. The fourth-order valence-corrected chi connectivity index (χ4v) is 3.22. The summed E-state index contributed by atoms with van der Waals surface area (Å²) >= 11 is 3.48. The molecule has 0 radical (unpaired) electrons. The number of nitrogens with one attached hydrogen (secondary N) is 1. The van der Waals surface area contributed by atoms with Crippen LogP contribution in [0.15, 0.2) is 46.9 Å². The largest absolute Gasteiger partial charge is 0.489 e. The molecular weight excluding hydrogens is 314 g/mol. The highest BCUT2D eigenvalue weighted by Crippen LogP contribution is 2.33. The molecule has 0 saturated heterocycles. The molecular formula is C17H18BrNO. The third-order valence-corrected chi connectivity index (χ3v) is 4.33. The fraction of sp³-hybridized carbons (Fsp3) is 0.294. The van der Waals surface area contributed by atoms with Gasteiger partial charge in [0.1, 0.15) is 12.4 Å². The van der Waals surface area contributed by atoms with Crippen LogP contribution in [-0.4, -0.2) is 7.05 Å². The topological polar surface area (TPSA) is 21.3 Å². The Hall–Kier alpha value is -1.32. The van der Waals surface area contributed by atoms with E-state index in [2.05, 4.69) is 51.6 Å². The van der Waals surface area contributed by atoms with Gasteiger partial charge in [-0.3, -0.25) is 0 Å². The van der Waals surface area contributed by atoms with Gasteiger partial charge in [-0.25, -0.2) is 0 Å². The van der Waals surface area contributed by atoms with E-state index in [9.17, 15) is 0 Å². The number of aryl methyl sites for hydroxylation is 1. The molecule has 1 aliphatic carbocycles. The molecule has 0 amide bonds. The monoisotopic (exact) mass is 331 g/mol. The van der Waals surface area contributed by atoms with E-state index < -0.39 is 0 Å². The van der Waals surface area contributed by atoms with Crippen LogP contribution in [-0.2, 0) is 13.0 Å². The van der Waals surface area contributed by atoms with Crippen molar-refractivity contribution in [3.63, 3.8) is 0 Å². The first kappa shape index (κ1) is 13.7. The van der Waals surface area contributed by atoms with Crippen molar-refractivity contribution >= 4 is 15.9 Å². The van der Waals surface area contributed by atoms with Crippen molar-refractivity contribution in [1.82, 2.24) is 5.32 Å². The molecule has 1 atom stereocenters. The minimum atomic E-state index is 0.504. The second kappa shape index (κ2) is 5.98. The van der Waals surface area contributed by atoms with Crippen LogP contribution in [0, 0.1) is 0 Å². The summed E-state index contributed by atoms with van der Waals surface area (Å²) in [5.74, 6) is 0.959. The van der Waals surface area contributed by atoms with E-state index in [1.807, 2.05) is 19.2 Å². The Balaban J connectivity index is 1.70. The zero-order valence-electron chi connectivity index (χ0n) is 11.5. The van der Waals surface area contributed by atoms with Gasteiger partial charge in [-0.15, -0.1) is 0 Å². The molecule has 3 heteroatoms. The quantitative estimate of drug-likeness (QED) is 0.904. The van der Waals surface area contributed by atoms with Gasteiger partial charge in [0.05, 0.1) is 0 Å². The molecule has 0 saturated carbocycles. The summed E-state index contributed by atoms with van der Waals surface area (Å²) in [5.41, 5.74) is 4.01. The lowest BCUT2D eigenvalue weighted by molar-refractivity contribution is 0.306. The van der Waals surface area contributed by atoms with Gasteiger partial charge >= 0.3 is 0 Å². The SMILES string of the molecule is CNC1CCc2cc(OCc3cccc(Br)c3)ccc21. The molecule has 2 aromatic carbocycles. The Morgan fingerprint density at radius 3 is 2.95 bits per heavy atom. The van der Waals surface area contributed by atoms with Crippen molar-refractivity contribution in [2.45, 2.75) is 25.5 Å². The molecule has 0 bridgehead atoms. The van der Waals surface area contributed by atoms with Crippen molar-refractivity contribution in [2.75, 3.05) is 7.05 Å². The number of fused-ring (bicyclic) bond motifs is 1. The predicted octanol–water partition coefficient (Wildman–Crippen LogP) is 4.23. The first-order valence-electron chi connectivity index (χ1n) is 6.93. The molecule has 0 aliphatic heterocycles. The molecule has 1 unspecified atom stereocenters. The van der Waals surface area contributed by atoms with Crippen LogP contribution in [0.3, 0.4) is 0 Å². The molecule has 1 N–H and O–H groups in total. The summed E-state index contributed by atoms with van der Waals surface area (Å²) in [6.07, 6.45) is 2.32. The molecule has 1 aliphatic rings. The van der Waals surface area contributed by atoms with Crippen LogP contribution >= 0.6 is 15.9 Å². The summed E-state index contributed by atoms with van der Waals surface area (Å²) in [6.45, 7) is 0.605. The number of benzene rings is 2. The highest BCUT2D eigenvalue weighted by molar-refractivity contribution is 9.10. The number of hydrogen-bond donors (Lipinski definition) is 1. The van der Waals surface area contributed by atoms with Crippen molar-refractivity contribution in [2.24, 2.45) is 0 Å². The summed E-state index contributed by atoms with van der Waals surface area (Å²) in [4.78, 5) is 0. The second-order valence-corrected chi connectivity index (χ2v) is 6.07. The average Bonchev–Trinajstić information content (AvgIpc) is 2.87. The molecule has 0 spiro atoms. The van der Waals surface area contributed by atoms with Crippen LogP contribution in [0.5, 0.6) is 5.75 Å². The van der Waals surface area contributed by atoms with Gasteiger partial charge in [-0.1, -0.05) is 34.1 Å². The van der Waals surface area contributed by atoms with E-state index >= 15 is 0 Å². The van der Waals surface area contributed by atoms with Crippen LogP contribution in [0.1, 0.15) is 29.2 Å². The third-order valence-electron chi connectivity index (χ3n) is 3.84. The Labute approximate surface area is 128 Å². The van der Waals surface area contributed by atoms with E-state index in [0.717, 1.165) is 16.6 Å². The summed E-state index contributed by atoms with van der Waals surface area (Å²) in [5, 5.41) is 3.36. The molecule has 3 rings (SSSR count). The fourth-order valence-electron chi connectivity index (χ4n) is 2.78. The first-order valence-corrected chi connectivity index (χ1v) is 7.73. The zero-order valence-corrected chi connectivity index (χ0v) is 13.1. The summed E-state index contributed by atoms with van der Waals surface area (Å²) < 4.78 is 6.99. The van der Waals surface area contributed by atoms with Gasteiger partial charge in [0, 0.05) is 10.5 Å². The second-order valence-electron chi connectivity index (χ2n) is 5.16. The maximum atomic E-state index is 5.90. The maximum absolute atomic E-state index is 5.90. The van der Waals surface area contributed by atoms with Gasteiger partial charge in [-0.05, 0) is 60.8 Å². The molecule has 20 heavy (non-hydrogen) atoms. The molecule has 2 nitrogen and oxygen atoms in total. The summed E-state index contributed by atoms with van der Waals surface area (Å²) in [6, 6.07) is 15.2. The molecule has 104 valence electrons. The number of halogens is 1. The minimum Gasteiger partial charge on any atom is -0.489 e. The highest BCUT2D eigenvalue weighted by atomic mass is 79.9. The average molecular weight is 332 g/mol. The third kappa shape index (κ3) is 2.89. The standard InChI is InChI=1S/C17H18BrNO/c1-19-17-8-5-13-10-15(6-7-16(13)17)20-11-12-3-2-4-14(18)9-12/h2-4,6-7,9-10,17,19H,5,8,11H2,1H3. The van der Waals surface area contributed by atoms with Crippen LogP contribution in [0.25, 0.3) is 0 Å². The predicted molar refractivity (Wildman–Crippen MR) is 85.0 cm³/mol. The Morgan fingerprint density at radius 1 is 1.25 bits per heavy atom. The Morgan fingerprint density at radius 2 is 2.15 bits per heavy atom. The number of hydrogen-bond acceptors (Lipinski definition) is 2. The Bertz CT molecular complexity index is 612. The van der Waals surface area contributed by atoms with Gasteiger partial charge in [0.15, 0.2) is 0 Å². The number of rotatable bonds is 4. The maximum Gasteiger partial charge on any atom is 0.120 e. The highest BCUT2D eigenvalue weighted by Gasteiger charge is 2.20. The normalized spacial score (nSPS) is 17.0. The lowest BCUT2D eigenvalue weighted by Gasteiger charge is -2.11. The lowest BCUT2D eigenvalue weighted by Crippen LogP contribution is -2.12. The van der Waals surface area contributed by atoms with Crippen LogP contribution in [0.2, 0.25) is 0 Å². The van der Waals surface area contributed by atoms with E-state index in [-0.39, 0.29) is 0 Å². The molecule has 0 fully saturated rings. The zero-order chi connectivity index (χ0) is 13.9. The van der Waals surface area contributed by atoms with Crippen molar-refractivity contribution in [3.05, 3.63) is 63.6 Å².